The lowest BCUT2D eigenvalue weighted by Crippen LogP contribution is -2.38. The molecule has 1 aromatic heterocycles. The van der Waals surface area contributed by atoms with E-state index in [1.165, 1.54) is 6.07 Å². The summed E-state index contributed by atoms with van der Waals surface area (Å²) in [5, 5.41) is 9.69. The normalized spacial score (nSPS) is 20.1. The van der Waals surface area contributed by atoms with Crippen LogP contribution in [0.4, 0.5) is 10.2 Å². The van der Waals surface area contributed by atoms with E-state index in [1.54, 1.807) is 19.2 Å². The van der Waals surface area contributed by atoms with Crippen LogP contribution in [0.15, 0.2) is 48.5 Å². The zero-order valence-electron chi connectivity index (χ0n) is 21.8. The van der Waals surface area contributed by atoms with Crippen LogP contribution in [0.2, 0.25) is 0 Å². The second-order valence-electron chi connectivity index (χ2n) is 10.8. The molecule has 0 spiro atoms. The number of rotatable bonds is 8. The van der Waals surface area contributed by atoms with Gasteiger partial charge in [-0.25, -0.2) is 9.37 Å². The highest BCUT2D eigenvalue weighted by atomic mass is 19.1. The molecule has 3 aliphatic rings. The van der Waals surface area contributed by atoms with E-state index in [4.69, 9.17) is 14.5 Å². The lowest BCUT2D eigenvalue weighted by molar-refractivity contribution is -0.142. The number of fused-ring (bicyclic) bond motifs is 1. The molecule has 38 heavy (non-hydrogen) atoms. The Morgan fingerprint density at radius 3 is 2.61 bits per heavy atom. The lowest BCUT2D eigenvalue weighted by atomic mass is 9.82. The molecule has 0 radical (unpaired) electrons. The maximum atomic E-state index is 14.9. The fourth-order valence-electron chi connectivity index (χ4n) is 5.84. The number of aromatic nitrogens is 1. The number of carboxylic acids is 1. The summed E-state index contributed by atoms with van der Waals surface area (Å²) in [6.07, 6.45) is 4.66. The molecule has 3 heterocycles. The summed E-state index contributed by atoms with van der Waals surface area (Å²) in [6, 6.07) is 14.9. The SMILES string of the molecule is COc1ccc(F)c(-c2ccc(C3CCc4ccc(C(C5CC5)[C@H](C)C(=O)O)cc4O3)nc2N2CCC2)c1. The molecular weight excluding hydrogens is 483 g/mol. The fraction of sp³-hybridized carbons (Fsp3) is 0.419. The largest absolute Gasteiger partial charge is 0.497 e. The second kappa shape index (κ2) is 9.93. The summed E-state index contributed by atoms with van der Waals surface area (Å²) in [5.41, 5.74) is 4.23. The van der Waals surface area contributed by atoms with Crippen molar-refractivity contribution < 1.29 is 23.8 Å². The van der Waals surface area contributed by atoms with Crippen molar-refractivity contribution in [2.45, 2.75) is 51.0 Å². The zero-order chi connectivity index (χ0) is 26.4. The van der Waals surface area contributed by atoms with E-state index in [-0.39, 0.29) is 17.8 Å². The van der Waals surface area contributed by atoms with Gasteiger partial charge in [-0.05, 0) is 91.5 Å². The molecule has 1 aliphatic carbocycles. The molecule has 1 saturated carbocycles. The molecule has 2 aromatic carbocycles. The van der Waals surface area contributed by atoms with Crippen molar-refractivity contribution in [3.63, 3.8) is 0 Å². The number of aliphatic carboxylic acids is 1. The van der Waals surface area contributed by atoms with Crippen molar-refractivity contribution in [3.8, 4) is 22.6 Å². The van der Waals surface area contributed by atoms with Gasteiger partial charge in [0.2, 0.25) is 0 Å². The van der Waals surface area contributed by atoms with Gasteiger partial charge in [-0.3, -0.25) is 4.79 Å². The topological polar surface area (TPSA) is 71.9 Å². The van der Waals surface area contributed by atoms with Crippen molar-refractivity contribution in [1.29, 1.82) is 0 Å². The summed E-state index contributed by atoms with van der Waals surface area (Å²) in [6.45, 7) is 3.58. The maximum absolute atomic E-state index is 14.9. The number of anilines is 1. The Kier molecular flexibility index (Phi) is 6.46. The number of hydrogen-bond donors (Lipinski definition) is 1. The highest BCUT2D eigenvalue weighted by Gasteiger charge is 2.39. The predicted octanol–water partition coefficient (Wildman–Crippen LogP) is 6.39. The van der Waals surface area contributed by atoms with Gasteiger partial charge in [0.05, 0.1) is 18.7 Å². The predicted molar refractivity (Wildman–Crippen MR) is 143 cm³/mol. The highest BCUT2D eigenvalue weighted by Crippen LogP contribution is 2.48. The number of ether oxygens (including phenoxy) is 2. The third-order valence-electron chi connectivity index (χ3n) is 8.33. The van der Waals surface area contributed by atoms with Gasteiger partial charge in [0.15, 0.2) is 0 Å². The van der Waals surface area contributed by atoms with Crippen LogP contribution >= 0.6 is 0 Å². The third-order valence-corrected chi connectivity index (χ3v) is 8.33. The van der Waals surface area contributed by atoms with Gasteiger partial charge < -0.3 is 19.5 Å². The molecule has 198 valence electrons. The van der Waals surface area contributed by atoms with Gasteiger partial charge in [0, 0.05) is 24.2 Å². The number of carboxylic acid groups (broad SMARTS) is 1. The summed E-state index contributed by atoms with van der Waals surface area (Å²) < 4.78 is 26.7. The molecule has 2 unspecified atom stereocenters. The van der Waals surface area contributed by atoms with E-state index in [0.717, 1.165) is 79.1 Å². The van der Waals surface area contributed by atoms with Crippen LogP contribution < -0.4 is 14.4 Å². The van der Waals surface area contributed by atoms with Crippen LogP contribution in [0.1, 0.15) is 61.4 Å². The van der Waals surface area contributed by atoms with Gasteiger partial charge in [-0.15, -0.1) is 0 Å². The van der Waals surface area contributed by atoms with Crippen LogP contribution in [0.5, 0.6) is 11.5 Å². The monoisotopic (exact) mass is 516 g/mol. The molecule has 3 aromatic rings. The summed E-state index contributed by atoms with van der Waals surface area (Å²) >= 11 is 0. The molecule has 6 rings (SSSR count). The van der Waals surface area contributed by atoms with Crippen LogP contribution in [0, 0.1) is 17.7 Å². The first-order chi connectivity index (χ1) is 18.4. The van der Waals surface area contributed by atoms with Crippen LogP contribution in [0.25, 0.3) is 11.1 Å². The summed E-state index contributed by atoms with van der Waals surface area (Å²) in [4.78, 5) is 19.0. The van der Waals surface area contributed by atoms with Crippen molar-refractivity contribution in [1.82, 2.24) is 4.98 Å². The molecule has 6 nitrogen and oxygen atoms in total. The summed E-state index contributed by atoms with van der Waals surface area (Å²) in [5.74, 6) is 1.10. The minimum absolute atomic E-state index is 0.00466. The maximum Gasteiger partial charge on any atom is 0.306 e. The molecule has 3 atom stereocenters. The lowest BCUT2D eigenvalue weighted by Gasteiger charge is -2.35. The van der Waals surface area contributed by atoms with E-state index in [1.807, 2.05) is 19.1 Å². The number of aryl methyl sites for hydroxylation is 1. The van der Waals surface area contributed by atoms with Crippen molar-refractivity contribution in [2.75, 3.05) is 25.1 Å². The van der Waals surface area contributed by atoms with Gasteiger partial charge in [-0.2, -0.15) is 0 Å². The Morgan fingerprint density at radius 1 is 1.11 bits per heavy atom. The first-order valence-electron chi connectivity index (χ1n) is 13.5. The number of methoxy groups -OCH3 is 1. The highest BCUT2D eigenvalue weighted by molar-refractivity contribution is 5.78. The number of pyridine rings is 1. The standard InChI is InChI=1S/C31H33FN2O4/c1-18(31(35)36)29(20-5-6-20)21-7-4-19-8-13-27(38-28(19)16-21)26-12-10-23(30(33-26)34-14-3-15-34)24-17-22(37-2)9-11-25(24)32/h4,7,9-12,16-18,20,27,29H,3,5-6,8,13-15H2,1-2H3,(H,35,36)/t18-,27?,29?/m0/s1. The van der Waals surface area contributed by atoms with Crippen molar-refractivity contribution >= 4 is 11.8 Å². The zero-order valence-corrected chi connectivity index (χ0v) is 21.8. The number of halogens is 1. The Hall–Kier alpha value is -3.61. The average molecular weight is 517 g/mol. The molecule has 1 saturated heterocycles. The third kappa shape index (κ3) is 4.59. The molecule has 2 aliphatic heterocycles. The summed E-state index contributed by atoms with van der Waals surface area (Å²) in [7, 11) is 1.58. The second-order valence-corrected chi connectivity index (χ2v) is 10.8. The molecule has 0 amide bonds. The van der Waals surface area contributed by atoms with E-state index in [0.29, 0.717) is 17.2 Å². The minimum Gasteiger partial charge on any atom is -0.497 e. The first kappa shape index (κ1) is 24.7. The Bertz CT molecular complexity index is 1370. The molecule has 7 heteroatoms. The molecule has 2 fully saturated rings. The van der Waals surface area contributed by atoms with Gasteiger partial charge >= 0.3 is 5.97 Å². The Morgan fingerprint density at radius 2 is 1.92 bits per heavy atom. The van der Waals surface area contributed by atoms with Gasteiger partial charge in [-0.1, -0.05) is 19.1 Å². The van der Waals surface area contributed by atoms with Gasteiger partial charge in [0.25, 0.3) is 0 Å². The Labute approximate surface area is 222 Å². The van der Waals surface area contributed by atoms with Crippen molar-refractivity contribution in [2.24, 2.45) is 11.8 Å². The minimum atomic E-state index is -0.756. The Balaban J connectivity index is 1.31. The average Bonchev–Trinajstić information content (AvgIpc) is 3.73. The quantitative estimate of drug-likeness (QED) is 0.374. The van der Waals surface area contributed by atoms with Crippen LogP contribution in [-0.2, 0) is 11.2 Å². The van der Waals surface area contributed by atoms with E-state index >= 15 is 0 Å². The molecule has 0 bridgehead atoms. The van der Waals surface area contributed by atoms with E-state index in [9.17, 15) is 14.3 Å². The van der Waals surface area contributed by atoms with E-state index < -0.39 is 11.9 Å². The van der Waals surface area contributed by atoms with E-state index in [2.05, 4.69) is 23.1 Å². The first-order valence-corrected chi connectivity index (χ1v) is 13.5. The number of hydrogen-bond acceptors (Lipinski definition) is 5. The number of carbonyl (C=O) groups is 1. The molecular formula is C31H33FN2O4. The smallest absolute Gasteiger partial charge is 0.306 e. The fourth-order valence-corrected chi connectivity index (χ4v) is 5.84. The number of benzene rings is 2. The van der Waals surface area contributed by atoms with Crippen molar-refractivity contribution in [3.05, 3.63) is 71.2 Å². The number of nitrogens with zero attached hydrogens (tertiary/aromatic N) is 2. The van der Waals surface area contributed by atoms with Crippen LogP contribution in [0.3, 0.4) is 0 Å². The molecule has 1 N–H and O–H groups in total. The van der Waals surface area contributed by atoms with Crippen LogP contribution in [-0.4, -0.2) is 36.3 Å². The van der Waals surface area contributed by atoms with Gasteiger partial charge in [0.1, 0.15) is 29.2 Å².